The smallest absolute Gasteiger partial charge is 0.252 e. The minimum absolute atomic E-state index is 0.0156. The maximum atomic E-state index is 13.2. The van der Waals surface area contributed by atoms with Crippen LogP contribution >= 0.6 is 11.6 Å². The van der Waals surface area contributed by atoms with Gasteiger partial charge in [0.05, 0.1) is 6.04 Å². The molecule has 1 unspecified atom stereocenters. The number of carbonyl (C=O) groups is 1. The molecular weight excluding hydrogens is 356 g/mol. The molecule has 0 aromatic heterocycles. The largest absolute Gasteiger partial charge is 0.343 e. The molecular formula is C23H27ClN2O. The van der Waals surface area contributed by atoms with Gasteiger partial charge in [-0.05, 0) is 68.8 Å². The summed E-state index contributed by atoms with van der Waals surface area (Å²) in [6.45, 7) is 3.03. The first-order valence-corrected chi connectivity index (χ1v) is 10.2. The topological polar surface area (TPSA) is 32.3 Å². The third kappa shape index (κ3) is 3.28. The minimum atomic E-state index is -0.0423. The first-order valence-electron chi connectivity index (χ1n) is 9.83. The summed E-state index contributed by atoms with van der Waals surface area (Å²) in [5.74, 6) is 0.762. The van der Waals surface area contributed by atoms with E-state index in [1.807, 2.05) is 31.2 Å². The van der Waals surface area contributed by atoms with Crippen molar-refractivity contribution in [2.75, 3.05) is 13.6 Å². The van der Waals surface area contributed by atoms with Gasteiger partial charge in [0.25, 0.3) is 5.91 Å². The van der Waals surface area contributed by atoms with Crippen LogP contribution in [0, 0.1) is 12.8 Å². The third-order valence-electron chi connectivity index (χ3n) is 6.72. The van der Waals surface area contributed by atoms with E-state index in [4.69, 9.17) is 11.6 Å². The number of piperidine rings is 2. The van der Waals surface area contributed by atoms with E-state index in [9.17, 15) is 4.79 Å². The van der Waals surface area contributed by atoms with Crippen molar-refractivity contribution in [2.45, 2.75) is 44.2 Å². The lowest BCUT2D eigenvalue weighted by Crippen LogP contribution is -2.62. The van der Waals surface area contributed by atoms with Crippen LogP contribution in [0.4, 0.5) is 0 Å². The molecule has 4 heteroatoms. The van der Waals surface area contributed by atoms with E-state index in [-0.39, 0.29) is 17.5 Å². The van der Waals surface area contributed by atoms with Gasteiger partial charge < -0.3 is 5.32 Å². The van der Waals surface area contributed by atoms with Crippen LogP contribution in [-0.4, -0.2) is 29.9 Å². The number of nitrogens with one attached hydrogen (secondary N) is 1. The molecule has 1 N–H and O–H groups in total. The zero-order valence-electron chi connectivity index (χ0n) is 16.0. The Morgan fingerprint density at radius 1 is 1.15 bits per heavy atom. The standard InChI is InChI=1S/C23H27ClN2O/c1-16-19(9-6-10-20(16)24)22(27)25-21(18-7-4-3-5-8-18)23-13-11-17(12-14-23)15-26(23)2/h3-10,17,21H,11-15H2,1-2H3,(H,25,27). The molecule has 2 saturated heterocycles. The van der Waals surface area contributed by atoms with E-state index in [2.05, 4.69) is 41.5 Å². The maximum Gasteiger partial charge on any atom is 0.252 e. The molecule has 3 aliphatic rings. The van der Waals surface area contributed by atoms with E-state index < -0.39 is 0 Å². The second kappa shape index (κ2) is 7.29. The van der Waals surface area contributed by atoms with Gasteiger partial charge in [-0.2, -0.15) is 0 Å². The zero-order valence-corrected chi connectivity index (χ0v) is 16.8. The fraction of sp³-hybridized carbons (Fsp3) is 0.435. The Hall–Kier alpha value is -1.84. The van der Waals surface area contributed by atoms with E-state index in [0.29, 0.717) is 10.6 Å². The molecule has 27 heavy (non-hydrogen) atoms. The van der Waals surface area contributed by atoms with Crippen molar-refractivity contribution in [2.24, 2.45) is 5.92 Å². The highest BCUT2D eigenvalue weighted by atomic mass is 35.5. The van der Waals surface area contributed by atoms with Gasteiger partial charge in [0, 0.05) is 22.7 Å². The predicted octanol–water partition coefficient (Wildman–Crippen LogP) is 4.99. The number of benzene rings is 2. The van der Waals surface area contributed by atoms with Crippen LogP contribution in [0.1, 0.15) is 53.2 Å². The Bertz CT molecular complexity index is 828. The van der Waals surface area contributed by atoms with E-state index in [1.165, 1.54) is 18.4 Å². The molecule has 0 spiro atoms. The van der Waals surface area contributed by atoms with Gasteiger partial charge in [-0.3, -0.25) is 9.69 Å². The van der Waals surface area contributed by atoms with Crippen molar-refractivity contribution in [3.05, 3.63) is 70.2 Å². The Labute approximate surface area is 166 Å². The number of rotatable bonds is 4. The second-order valence-corrected chi connectivity index (χ2v) is 8.56. The summed E-state index contributed by atoms with van der Waals surface area (Å²) in [6, 6.07) is 15.9. The lowest BCUT2D eigenvalue weighted by molar-refractivity contribution is -0.0404. The molecule has 1 amide bonds. The summed E-state index contributed by atoms with van der Waals surface area (Å²) < 4.78 is 0. The molecule has 3 fully saturated rings. The number of likely N-dealkylation sites (N-methyl/N-ethyl adjacent to an activating group) is 1. The fourth-order valence-corrected chi connectivity index (χ4v) is 5.23. The van der Waals surface area contributed by atoms with Crippen molar-refractivity contribution < 1.29 is 4.79 Å². The molecule has 2 aliphatic heterocycles. The molecule has 2 heterocycles. The summed E-state index contributed by atoms with van der Waals surface area (Å²) in [5, 5.41) is 4.03. The van der Waals surface area contributed by atoms with E-state index >= 15 is 0 Å². The monoisotopic (exact) mass is 382 g/mol. The average Bonchev–Trinajstić information content (AvgIpc) is 2.69. The van der Waals surface area contributed by atoms with Crippen molar-refractivity contribution in [1.29, 1.82) is 0 Å². The van der Waals surface area contributed by atoms with Gasteiger partial charge in [0.15, 0.2) is 0 Å². The highest BCUT2D eigenvalue weighted by Gasteiger charge is 2.50. The Kier molecular flexibility index (Phi) is 5.00. The molecule has 0 radical (unpaired) electrons. The molecule has 1 atom stereocenters. The number of hydrogen-bond donors (Lipinski definition) is 1. The van der Waals surface area contributed by atoms with Gasteiger partial charge >= 0.3 is 0 Å². The lowest BCUT2D eigenvalue weighted by atomic mass is 9.65. The molecule has 1 aliphatic carbocycles. The van der Waals surface area contributed by atoms with Crippen LogP contribution in [0.3, 0.4) is 0 Å². The number of carbonyl (C=O) groups excluding carboxylic acids is 1. The Balaban J connectivity index is 1.71. The van der Waals surface area contributed by atoms with Gasteiger partial charge in [0.2, 0.25) is 0 Å². The molecule has 3 nitrogen and oxygen atoms in total. The van der Waals surface area contributed by atoms with Gasteiger partial charge in [-0.15, -0.1) is 0 Å². The fourth-order valence-electron chi connectivity index (χ4n) is 5.06. The predicted molar refractivity (Wildman–Crippen MR) is 110 cm³/mol. The van der Waals surface area contributed by atoms with Crippen molar-refractivity contribution in [3.63, 3.8) is 0 Å². The highest BCUT2D eigenvalue weighted by molar-refractivity contribution is 6.31. The van der Waals surface area contributed by atoms with E-state index in [0.717, 1.165) is 30.9 Å². The summed E-state index contributed by atoms with van der Waals surface area (Å²) in [7, 11) is 2.22. The lowest BCUT2D eigenvalue weighted by Gasteiger charge is -2.57. The molecule has 2 aromatic carbocycles. The summed E-state index contributed by atoms with van der Waals surface area (Å²) in [6.07, 6.45) is 4.75. The molecule has 142 valence electrons. The van der Waals surface area contributed by atoms with Crippen molar-refractivity contribution in [1.82, 2.24) is 10.2 Å². The maximum absolute atomic E-state index is 13.2. The molecule has 2 aromatic rings. The van der Waals surface area contributed by atoms with Crippen LogP contribution in [0.25, 0.3) is 0 Å². The van der Waals surface area contributed by atoms with E-state index in [1.54, 1.807) is 0 Å². The molecule has 1 saturated carbocycles. The minimum Gasteiger partial charge on any atom is -0.343 e. The SMILES string of the molecule is Cc1c(Cl)cccc1C(=O)NC(c1ccccc1)C12CCC(CC1)CN2C. The van der Waals surface area contributed by atoms with Crippen LogP contribution in [-0.2, 0) is 0 Å². The van der Waals surface area contributed by atoms with Gasteiger partial charge in [-0.25, -0.2) is 0 Å². The third-order valence-corrected chi connectivity index (χ3v) is 7.13. The summed E-state index contributed by atoms with van der Waals surface area (Å²) in [4.78, 5) is 15.7. The van der Waals surface area contributed by atoms with Crippen molar-refractivity contribution >= 4 is 17.5 Å². The molecule has 2 bridgehead atoms. The molecule has 5 rings (SSSR count). The highest BCUT2D eigenvalue weighted by Crippen LogP contribution is 2.49. The summed E-state index contributed by atoms with van der Waals surface area (Å²) in [5.41, 5.74) is 2.66. The van der Waals surface area contributed by atoms with Crippen LogP contribution in [0.15, 0.2) is 48.5 Å². The first-order chi connectivity index (χ1) is 13.0. The number of halogens is 1. The first kappa shape index (κ1) is 18.5. The van der Waals surface area contributed by atoms with Crippen LogP contribution in [0.2, 0.25) is 5.02 Å². The Morgan fingerprint density at radius 2 is 1.85 bits per heavy atom. The normalized spacial score (nSPS) is 26.0. The summed E-state index contributed by atoms with van der Waals surface area (Å²) >= 11 is 6.26. The number of nitrogens with zero attached hydrogens (tertiary/aromatic N) is 1. The van der Waals surface area contributed by atoms with Gasteiger partial charge in [-0.1, -0.05) is 48.0 Å². The second-order valence-electron chi connectivity index (χ2n) is 8.16. The van der Waals surface area contributed by atoms with Gasteiger partial charge in [0.1, 0.15) is 0 Å². The van der Waals surface area contributed by atoms with Crippen LogP contribution in [0.5, 0.6) is 0 Å². The Morgan fingerprint density at radius 3 is 2.52 bits per heavy atom. The van der Waals surface area contributed by atoms with Crippen molar-refractivity contribution in [3.8, 4) is 0 Å². The zero-order chi connectivity index (χ0) is 19.0. The average molecular weight is 383 g/mol. The number of fused-ring (bicyclic) bond motifs is 3. The number of amides is 1. The quantitative estimate of drug-likeness (QED) is 0.807. The number of hydrogen-bond acceptors (Lipinski definition) is 2. The van der Waals surface area contributed by atoms with Crippen LogP contribution < -0.4 is 5.32 Å².